The minimum atomic E-state index is 0.468. The van der Waals surface area contributed by atoms with Crippen LogP contribution >= 0.6 is 0 Å². The first kappa shape index (κ1) is 10.4. The molecule has 0 saturated carbocycles. The highest BCUT2D eigenvalue weighted by Gasteiger charge is 1.98. The van der Waals surface area contributed by atoms with Gasteiger partial charge in [0.15, 0.2) is 0 Å². The maximum Gasteiger partial charge on any atom is 0.131 e. The van der Waals surface area contributed by atoms with Crippen LogP contribution in [0.25, 0.3) is 0 Å². The van der Waals surface area contributed by atoms with E-state index in [-0.39, 0.29) is 0 Å². The zero-order valence-corrected chi connectivity index (χ0v) is 9.09. The van der Waals surface area contributed by atoms with Crippen LogP contribution in [0.1, 0.15) is 5.69 Å². The second-order valence-corrected chi connectivity index (χ2v) is 3.49. The van der Waals surface area contributed by atoms with Crippen LogP contribution < -0.4 is 11.1 Å². The molecule has 0 spiro atoms. The fraction of sp³-hybridized carbons (Fsp3) is 0.300. The lowest BCUT2D eigenvalue weighted by atomic mass is 10.3. The fourth-order valence-electron chi connectivity index (χ4n) is 1.38. The number of aryl methyl sites for hydroxylation is 1. The Morgan fingerprint density at radius 1 is 1.44 bits per heavy atom. The van der Waals surface area contributed by atoms with Crippen molar-refractivity contribution in [3.8, 4) is 0 Å². The molecule has 0 aliphatic rings. The summed E-state index contributed by atoms with van der Waals surface area (Å²) in [5.74, 6) is 1.21. The van der Waals surface area contributed by atoms with Gasteiger partial charge in [-0.3, -0.25) is 4.68 Å². The molecule has 0 aromatic carbocycles. The second kappa shape index (κ2) is 4.61. The lowest BCUT2D eigenvalue weighted by molar-refractivity contribution is 0.742. The van der Waals surface area contributed by atoms with Gasteiger partial charge in [-0.2, -0.15) is 5.10 Å². The van der Waals surface area contributed by atoms with Crippen molar-refractivity contribution in [2.45, 2.75) is 6.42 Å². The number of hydrogen-bond donors (Lipinski definition) is 2. The Labute approximate surface area is 93.5 Å². The molecule has 0 unspecified atom stereocenters. The van der Waals surface area contributed by atoms with Crippen molar-refractivity contribution in [3.63, 3.8) is 0 Å². The Bertz CT molecular complexity index is 464. The highest BCUT2D eigenvalue weighted by atomic mass is 15.2. The molecule has 0 fully saturated rings. The Morgan fingerprint density at radius 2 is 2.31 bits per heavy atom. The minimum Gasteiger partial charge on any atom is -0.384 e. The van der Waals surface area contributed by atoms with Gasteiger partial charge in [0.25, 0.3) is 0 Å². The van der Waals surface area contributed by atoms with Gasteiger partial charge in [0.2, 0.25) is 0 Å². The molecular formula is C10H14N6. The van der Waals surface area contributed by atoms with E-state index < -0.39 is 0 Å². The van der Waals surface area contributed by atoms with Gasteiger partial charge in [0.05, 0.1) is 5.69 Å². The summed E-state index contributed by atoms with van der Waals surface area (Å²) in [7, 11) is 1.90. The summed E-state index contributed by atoms with van der Waals surface area (Å²) < 4.78 is 1.79. The number of nitrogens with two attached hydrogens (primary N) is 1. The highest BCUT2D eigenvalue weighted by Crippen LogP contribution is 2.04. The molecule has 84 valence electrons. The van der Waals surface area contributed by atoms with Crippen LogP contribution in [0.2, 0.25) is 0 Å². The van der Waals surface area contributed by atoms with Crippen LogP contribution in [-0.4, -0.2) is 26.3 Å². The largest absolute Gasteiger partial charge is 0.384 e. The number of rotatable bonds is 4. The van der Waals surface area contributed by atoms with Crippen LogP contribution in [0.5, 0.6) is 0 Å². The lowest BCUT2D eigenvalue weighted by Gasteiger charge is -2.03. The summed E-state index contributed by atoms with van der Waals surface area (Å²) in [5, 5.41) is 7.44. The first-order chi connectivity index (χ1) is 7.74. The molecule has 2 rings (SSSR count). The molecule has 3 N–H and O–H groups in total. The van der Waals surface area contributed by atoms with Crippen LogP contribution in [0.3, 0.4) is 0 Å². The second-order valence-electron chi connectivity index (χ2n) is 3.49. The lowest BCUT2D eigenvalue weighted by Crippen LogP contribution is -2.07. The standard InChI is InChI=1S/C10H14N6/c1-16-5-3-8(15-16)2-4-12-10-6-9(11)13-7-14-10/h3,5-7H,2,4H2,1H3,(H3,11,12,13,14). The van der Waals surface area contributed by atoms with E-state index in [4.69, 9.17) is 5.73 Å². The van der Waals surface area contributed by atoms with E-state index in [2.05, 4.69) is 20.4 Å². The molecular weight excluding hydrogens is 204 g/mol. The van der Waals surface area contributed by atoms with E-state index in [1.807, 2.05) is 19.3 Å². The molecule has 6 heteroatoms. The van der Waals surface area contributed by atoms with Gasteiger partial charge in [-0.25, -0.2) is 9.97 Å². The Balaban J connectivity index is 1.84. The van der Waals surface area contributed by atoms with Gasteiger partial charge >= 0.3 is 0 Å². The zero-order valence-electron chi connectivity index (χ0n) is 9.09. The molecule has 0 atom stereocenters. The van der Waals surface area contributed by atoms with Crippen molar-refractivity contribution in [1.82, 2.24) is 19.7 Å². The highest BCUT2D eigenvalue weighted by molar-refractivity contribution is 5.43. The predicted molar refractivity (Wildman–Crippen MR) is 61.8 cm³/mol. The molecule has 0 amide bonds. The molecule has 2 aromatic heterocycles. The number of nitrogens with zero attached hydrogens (tertiary/aromatic N) is 4. The maximum absolute atomic E-state index is 5.54. The molecule has 16 heavy (non-hydrogen) atoms. The number of hydrogen-bond acceptors (Lipinski definition) is 5. The normalized spacial score (nSPS) is 10.3. The average molecular weight is 218 g/mol. The van der Waals surface area contributed by atoms with Gasteiger partial charge in [-0.15, -0.1) is 0 Å². The van der Waals surface area contributed by atoms with Gasteiger partial charge in [0.1, 0.15) is 18.0 Å². The van der Waals surface area contributed by atoms with Crippen molar-refractivity contribution >= 4 is 11.6 Å². The Morgan fingerprint density at radius 3 is 3.00 bits per heavy atom. The van der Waals surface area contributed by atoms with Gasteiger partial charge < -0.3 is 11.1 Å². The monoisotopic (exact) mass is 218 g/mol. The average Bonchev–Trinajstić information content (AvgIpc) is 2.64. The molecule has 0 aliphatic carbocycles. The van der Waals surface area contributed by atoms with Crippen molar-refractivity contribution in [1.29, 1.82) is 0 Å². The van der Waals surface area contributed by atoms with E-state index in [1.54, 1.807) is 10.7 Å². The molecule has 6 nitrogen and oxygen atoms in total. The summed E-state index contributed by atoms with van der Waals surface area (Å²) in [4.78, 5) is 7.87. The smallest absolute Gasteiger partial charge is 0.131 e. The Hall–Kier alpha value is -2.11. The molecule has 2 heterocycles. The predicted octanol–water partition coefficient (Wildman–Crippen LogP) is 0.447. The molecule has 0 saturated heterocycles. The number of nitrogens with one attached hydrogen (secondary N) is 1. The first-order valence-electron chi connectivity index (χ1n) is 5.04. The summed E-state index contributed by atoms with van der Waals surface area (Å²) >= 11 is 0. The fourth-order valence-corrected chi connectivity index (χ4v) is 1.38. The zero-order chi connectivity index (χ0) is 11.4. The summed E-state index contributed by atoms with van der Waals surface area (Å²) in [6.07, 6.45) is 4.22. The first-order valence-corrected chi connectivity index (χ1v) is 5.04. The van der Waals surface area contributed by atoms with Crippen LogP contribution in [0.4, 0.5) is 11.6 Å². The topological polar surface area (TPSA) is 81.7 Å². The maximum atomic E-state index is 5.54. The number of aromatic nitrogens is 4. The minimum absolute atomic E-state index is 0.468. The molecule has 0 aliphatic heterocycles. The third-order valence-electron chi connectivity index (χ3n) is 2.14. The summed E-state index contributed by atoms with van der Waals surface area (Å²) in [6, 6.07) is 3.70. The Kier molecular flexibility index (Phi) is 3.00. The van der Waals surface area contributed by atoms with E-state index in [1.165, 1.54) is 6.33 Å². The quantitative estimate of drug-likeness (QED) is 0.778. The van der Waals surface area contributed by atoms with E-state index >= 15 is 0 Å². The van der Waals surface area contributed by atoms with Crippen molar-refractivity contribution < 1.29 is 0 Å². The molecule has 2 aromatic rings. The van der Waals surface area contributed by atoms with Crippen molar-refractivity contribution in [2.24, 2.45) is 7.05 Å². The third-order valence-corrected chi connectivity index (χ3v) is 2.14. The van der Waals surface area contributed by atoms with Crippen LogP contribution in [0, 0.1) is 0 Å². The molecule has 0 radical (unpaired) electrons. The number of nitrogen functional groups attached to an aromatic ring is 1. The van der Waals surface area contributed by atoms with Gasteiger partial charge in [0, 0.05) is 32.3 Å². The van der Waals surface area contributed by atoms with Gasteiger partial charge in [-0.1, -0.05) is 0 Å². The van der Waals surface area contributed by atoms with Crippen LogP contribution in [0.15, 0.2) is 24.7 Å². The van der Waals surface area contributed by atoms with E-state index in [0.717, 1.165) is 24.5 Å². The third kappa shape index (κ3) is 2.69. The summed E-state index contributed by atoms with van der Waals surface area (Å²) in [6.45, 7) is 0.771. The van der Waals surface area contributed by atoms with Crippen molar-refractivity contribution in [2.75, 3.05) is 17.6 Å². The number of anilines is 2. The summed E-state index contributed by atoms with van der Waals surface area (Å²) in [5.41, 5.74) is 6.59. The van der Waals surface area contributed by atoms with E-state index in [0.29, 0.717) is 5.82 Å². The van der Waals surface area contributed by atoms with Crippen LogP contribution in [-0.2, 0) is 13.5 Å². The molecule has 0 bridgehead atoms. The van der Waals surface area contributed by atoms with Crippen molar-refractivity contribution in [3.05, 3.63) is 30.4 Å². The SMILES string of the molecule is Cn1ccc(CCNc2cc(N)ncn2)n1. The van der Waals surface area contributed by atoms with E-state index in [9.17, 15) is 0 Å². The van der Waals surface area contributed by atoms with Gasteiger partial charge in [-0.05, 0) is 6.07 Å².